The molecule has 6 nitrogen and oxygen atoms in total. The second-order valence-corrected chi connectivity index (χ2v) is 6.50. The average molecular weight is 286 g/mol. The fourth-order valence-corrected chi connectivity index (χ4v) is 1.75. The number of carbonyl (C=O) groups excluding carboxylic acids is 1. The molecule has 1 aromatic rings. The monoisotopic (exact) mass is 286 g/mol. The fourth-order valence-electron chi connectivity index (χ4n) is 1.13. The molecule has 0 aliphatic heterocycles. The Kier molecular flexibility index (Phi) is 4.99. The van der Waals surface area contributed by atoms with E-state index in [1.807, 2.05) is 20.8 Å². The van der Waals surface area contributed by atoms with Gasteiger partial charge < -0.3 is 9.63 Å². The molecule has 0 fully saturated rings. The summed E-state index contributed by atoms with van der Waals surface area (Å²) in [6.45, 7) is 7.50. The van der Waals surface area contributed by atoms with Crippen molar-refractivity contribution in [3.8, 4) is 0 Å². The summed E-state index contributed by atoms with van der Waals surface area (Å²) in [5.74, 6) is -0.917. The molecule has 0 aliphatic rings. The summed E-state index contributed by atoms with van der Waals surface area (Å²) in [7, 11) is 0. The quantitative estimate of drug-likeness (QED) is 0.861. The molecule has 2 N–H and O–H groups in total. The minimum absolute atomic E-state index is 0.0546. The zero-order valence-corrected chi connectivity index (χ0v) is 12.2. The van der Waals surface area contributed by atoms with Crippen molar-refractivity contribution in [3.63, 3.8) is 0 Å². The second-order valence-electron chi connectivity index (χ2n) is 5.17. The summed E-state index contributed by atoms with van der Waals surface area (Å²) in [4.78, 5) is 22.2. The number of anilines is 1. The highest BCUT2D eigenvalue weighted by atomic mass is 32.2. The third-order valence-electron chi connectivity index (χ3n) is 2.35. The number of thioether (sulfide) groups is 1. The van der Waals surface area contributed by atoms with E-state index in [-0.39, 0.29) is 23.0 Å². The predicted octanol–water partition coefficient (Wildman–Crippen LogP) is 2.12. The lowest BCUT2D eigenvalue weighted by molar-refractivity contribution is -0.136. The number of carboxylic acids is 1. The molecule has 0 saturated heterocycles. The normalized spacial score (nSPS) is 13.1. The number of hydrogen-bond donors (Lipinski definition) is 2. The zero-order chi connectivity index (χ0) is 14.6. The maximum absolute atomic E-state index is 11.6. The highest BCUT2D eigenvalue weighted by Crippen LogP contribution is 2.23. The number of amides is 1. The SMILES string of the molecule is CC(SCC(=O)Nc1cc(C(C)(C)C)no1)C(=O)O. The Balaban J connectivity index is 2.49. The molecule has 0 spiro atoms. The van der Waals surface area contributed by atoms with Crippen LogP contribution in [-0.4, -0.2) is 33.1 Å². The van der Waals surface area contributed by atoms with E-state index >= 15 is 0 Å². The molecular weight excluding hydrogens is 268 g/mol. The molecule has 7 heteroatoms. The minimum Gasteiger partial charge on any atom is -0.480 e. The van der Waals surface area contributed by atoms with Gasteiger partial charge >= 0.3 is 5.97 Å². The number of rotatable bonds is 5. The Morgan fingerprint density at radius 1 is 1.53 bits per heavy atom. The molecule has 1 aromatic heterocycles. The van der Waals surface area contributed by atoms with Crippen LogP contribution < -0.4 is 5.32 Å². The first-order valence-corrected chi connectivity index (χ1v) is 6.86. The van der Waals surface area contributed by atoms with Crippen LogP contribution in [0.2, 0.25) is 0 Å². The average Bonchev–Trinajstić information content (AvgIpc) is 2.73. The van der Waals surface area contributed by atoms with Crippen molar-refractivity contribution < 1.29 is 19.2 Å². The van der Waals surface area contributed by atoms with Crippen LogP contribution in [-0.2, 0) is 15.0 Å². The van der Waals surface area contributed by atoms with E-state index in [0.29, 0.717) is 0 Å². The largest absolute Gasteiger partial charge is 0.480 e. The third kappa shape index (κ3) is 4.94. The van der Waals surface area contributed by atoms with Crippen molar-refractivity contribution in [3.05, 3.63) is 11.8 Å². The van der Waals surface area contributed by atoms with E-state index < -0.39 is 11.2 Å². The van der Waals surface area contributed by atoms with Crippen molar-refractivity contribution in [2.45, 2.75) is 38.4 Å². The van der Waals surface area contributed by atoms with E-state index in [4.69, 9.17) is 9.63 Å². The standard InChI is InChI=1S/C12H18N2O4S/c1-7(11(16)17)19-6-9(15)13-10-5-8(14-18-10)12(2,3)4/h5,7H,6H2,1-4H3,(H,13,15)(H,16,17). The van der Waals surface area contributed by atoms with Gasteiger partial charge in [-0.15, -0.1) is 11.8 Å². The number of aromatic nitrogens is 1. The molecule has 0 saturated carbocycles. The first kappa shape index (κ1) is 15.6. The molecule has 0 bridgehead atoms. The van der Waals surface area contributed by atoms with E-state index in [1.165, 1.54) is 6.92 Å². The number of nitrogens with zero attached hydrogens (tertiary/aromatic N) is 1. The number of aliphatic carboxylic acids is 1. The Morgan fingerprint density at radius 2 is 2.16 bits per heavy atom. The molecule has 0 aromatic carbocycles. The van der Waals surface area contributed by atoms with Crippen LogP contribution in [0, 0.1) is 0 Å². The van der Waals surface area contributed by atoms with Gasteiger partial charge in [0.15, 0.2) is 0 Å². The lowest BCUT2D eigenvalue weighted by atomic mass is 9.92. The summed E-state index contributed by atoms with van der Waals surface area (Å²) in [5.41, 5.74) is 0.591. The van der Waals surface area contributed by atoms with Crippen molar-refractivity contribution in [1.82, 2.24) is 5.16 Å². The number of carbonyl (C=O) groups is 2. The van der Waals surface area contributed by atoms with Gasteiger partial charge in [-0.05, 0) is 6.92 Å². The maximum Gasteiger partial charge on any atom is 0.316 e. The molecule has 0 radical (unpaired) electrons. The summed E-state index contributed by atoms with van der Waals surface area (Å²) in [5, 5.41) is 14.5. The van der Waals surface area contributed by atoms with Gasteiger partial charge in [0.1, 0.15) is 0 Å². The van der Waals surface area contributed by atoms with E-state index in [9.17, 15) is 9.59 Å². The molecule has 1 heterocycles. The lowest BCUT2D eigenvalue weighted by Crippen LogP contribution is -2.19. The van der Waals surface area contributed by atoms with Crippen LogP contribution >= 0.6 is 11.8 Å². The fraction of sp³-hybridized carbons (Fsp3) is 0.583. The van der Waals surface area contributed by atoms with Crippen molar-refractivity contribution in [2.24, 2.45) is 0 Å². The number of nitrogens with one attached hydrogen (secondary N) is 1. The van der Waals surface area contributed by atoms with Gasteiger partial charge in [0.2, 0.25) is 11.8 Å². The summed E-state index contributed by atoms with van der Waals surface area (Å²) < 4.78 is 5.01. The topological polar surface area (TPSA) is 92.4 Å². The van der Waals surface area contributed by atoms with E-state index in [0.717, 1.165) is 17.5 Å². The van der Waals surface area contributed by atoms with Gasteiger partial charge in [0.25, 0.3) is 0 Å². The van der Waals surface area contributed by atoms with Crippen molar-refractivity contribution in [2.75, 3.05) is 11.1 Å². The first-order chi connectivity index (χ1) is 8.70. The van der Waals surface area contributed by atoms with Crippen LogP contribution in [0.15, 0.2) is 10.6 Å². The molecule has 19 heavy (non-hydrogen) atoms. The zero-order valence-electron chi connectivity index (χ0n) is 11.4. The molecule has 1 rings (SSSR count). The molecule has 1 unspecified atom stereocenters. The van der Waals surface area contributed by atoms with Gasteiger partial charge in [-0.25, -0.2) is 0 Å². The van der Waals surface area contributed by atoms with Crippen molar-refractivity contribution in [1.29, 1.82) is 0 Å². The van der Waals surface area contributed by atoms with Gasteiger partial charge in [0, 0.05) is 11.5 Å². The summed E-state index contributed by atoms with van der Waals surface area (Å²) >= 11 is 1.05. The van der Waals surface area contributed by atoms with Crippen LogP contribution in [0.25, 0.3) is 0 Å². The van der Waals surface area contributed by atoms with Crippen LogP contribution in [0.1, 0.15) is 33.4 Å². The van der Waals surface area contributed by atoms with Gasteiger partial charge in [0.05, 0.1) is 16.7 Å². The summed E-state index contributed by atoms with van der Waals surface area (Å²) in [6.07, 6.45) is 0. The van der Waals surface area contributed by atoms with Gasteiger partial charge in [-0.2, -0.15) is 0 Å². The number of carboxylic acid groups (broad SMARTS) is 1. The Morgan fingerprint density at radius 3 is 2.63 bits per heavy atom. The van der Waals surface area contributed by atoms with Crippen molar-refractivity contribution >= 4 is 29.5 Å². The highest BCUT2D eigenvalue weighted by Gasteiger charge is 2.20. The van der Waals surface area contributed by atoms with Gasteiger partial charge in [-0.3, -0.25) is 14.9 Å². The molecule has 1 amide bonds. The number of hydrogen-bond acceptors (Lipinski definition) is 5. The Bertz CT molecular complexity index is 465. The van der Waals surface area contributed by atoms with Crippen LogP contribution in [0.3, 0.4) is 0 Å². The third-order valence-corrected chi connectivity index (χ3v) is 3.48. The Hall–Kier alpha value is -1.50. The van der Waals surface area contributed by atoms with E-state index in [1.54, 1.807) is 6.07 Å². The lowest BCUT2D eigenvalue weighted by Gasteiger charge is -2.12. The predicted molar refractivity (Wildman–Crippen MR) is 73.4 cm³/mol. The molecular formula is C12H18N2O4S. The maximum atomic E-state index is 11.6. The molecule has 0 aliphatic carbocycles. The molecule has 106 valence electrons. The van der Waals surface area contributed by atoms with Crippen LogP contribution in [0.4, 0.5) is 5.88 Å². The second kappa shape index (κ2) is 6.10. The highest BCUT2D eigenvalue weighted by molar-refractivity contribution is 8.01. The minimum atomic E-state index is -0.938. The molecule has 1 atom stereocenters. The van der Waals surface area contributed by atoms with E-state index in [2.05, 4.69) is 10.5 Å². The van der Waals surface area contributed by atoms with Crippen LogP contribution in [0.5, 0.6) is 0 Å². The summed E-state index contributed by atoms with van der Waals surface area (Å²) in [6, 6.07) is 1.67. The van der Waals surface area contributed by atoms with Gasteiger partial charge in [-0.1, -0.05) is 25.9 Å². The smallest absolute Gasteiger partial charge is 0.316 e. The Labute approximate surface area is 115 Å². The first-order valence-electron chi connectivity index (χ1n) is 5.81.